The van der Waals surface area contributed by atoms with E-state index >= 15 is 0 Å². The molecule has 0 aromatic carbocycles. The lowest BCUT2D eigenvalue weighted by Gasteiger charge is -2.02. The summed E-state index contributed by atoms with van der Waals surface area (Å²) in [6.45, 7) is 0. The normalized spacial score (nSPS) is 11.5. The Balaban J connectivity index is 2.04. The Labute approximate surface area is 117 Å². The van der Waals surface area contributed by atoms with Crippen LogP contribution >= 0.6 is 0 Å². The molecule has 8 heteroatoms. The van der Waals surface area contributed by atoms with Gasteiger partial charge < -0.3 is 10.3 Å². The molecule has 0 atom stereocenters. The smallest absolute Gasteiger partial charge is 0.182 e. The highest BCUT2D eigenvalue weighted by Crippen LogP contribution is 2.26. The molecule has 7 nitrogen and oxygen atoms in total. The fourth-order valence-corrected chi connectivity index (χ4v) is 2.32. The van der Waals surface area contributed by atoms with Crippen LogP contribution in [0.15, 0.2) is 24.5 Å². The third-order valence-electron chi connectivity index (χ3n) is 3.35. The van der Waals surface area contributed by atoms with Gasteiger partial charge in [-0.2, -0.15) is 5.10 Å². The van der Waals surface area contributed by atoms with Crippen LogP contribution in [0.4, 0.5) is 10.2 Å². The van der Waals surface area contributed by atoms with Gasteiger partial charge in [-0.1, -0.05) is 0 Å². The van der Waals surface area contributed by atoms with E-state index in [4.69, 9.17) is 5.73 Å². The number of pyridine rings is 1. The van der Waals surface area contributed by atoms with E-state index in [-0.39, 0.29) is 0 Å². The van der Waals surface area contributed by atoms with Gasteiger partial charge in [-0.05, 0) is 12.1 Å². The van der Waals surface area contributed by atoms with Crippen LogP contribution in [0.3, 0.4) is 0 Å². The Hall–Kier alpha value is -3.03. The molecular formula is C13H10FN7. The molecule has 0 aliphatic heterocycles. The molecule has 0 bridgehead atoms. The van der Waals surface area contributed by atoms with Gasteiger partial charge in [-0.25, -0.2) is 19.3 Å². The van der Waals surface area contributed by atoms with Crippen molar-refractivity contribution in [2.75, 3.05) is 5.73 Å². The second-order valence-corrected chi connectivity index (χ2v) is 4.72. The summed E-state index contributed by atoms with van der Waals surface area (Å²) in [6, 6.07) is 3.19. The lowest BCUT2D eigenvalue weighted by Crippen LogP contribution is -1.99. The van der Waals surface area contributed by atoms with Crippen molar-refractivity contribution >= 4 is 27.9 Å². The number of anilines is 1. The molecule has 21 heavy (non-hydrogen) atoms. The number of nitrogens with one attached hydrogen (secondary N) is 1. The van der Waals surface area contributed by atoms with Crippen molar-refractivity contribution in [3.05, 3.63) is 30.3 Å². The average Bonchev–Trinajstić information content (AvgIpc) is 3.03. The van der Waals surface area contributed by atoms with Gasteiger partial charge in [0.15, 0.2) is 11.5 Å². The summed E-state index contributed by atoms with van der Waals surface area (Å²) in [5.41, 5.74) is 7.56. The van der Waals surface area contributed by atoms with E-state index in [9.17, 15) is 4.39 Å². The molecule has 0 saturated heterocycles. The summed E-state index contributed by atoms with van der Waals surface area (Å²) in [5.74, 6) is 0.275. The maximum Gasteiger partial charge on any atom is 0.182 e. The van der Waals surface area contributed by atoms with E-state index in [0.717, 1.165) is 11.6 Å². The lowest BCUT2D eigenvalue weighted by atomic mass is 10.2. The summed E-state index contributed by atoms with van der Waals surface area (Å²) in [6.07, 6.45) is 2.97. The molecule has 4 rings (SSSR count). The van der Waals surface area contributed by atoms with Gasteiger partial charge in [0.25, 0.3) is 0 Å². The van der Waals surface area contributed by atoms with E-state index in [1.54, 1.807) is 0 Å². The van der Waals surface area contributed by atoms with Crippen molar-refractivity contribution in [2.45, 2.75) is 0 Å². The first-order chi connectivity index (χ1) is 10.1. The molecule has 0 fully saturated rings. The minimum atomic E-state index is -0.446. The van der Waals surface area contributed by atoms with Crippen molar-refractivity contribution in [3.8, 4) is 11.5 Å². The van der Waals surface area contributed by atoms with Crippen molar-refractivity contribution in [1.29, 1.82) is 0 Å². The maximum atomic E-state index is 13.4. The molecule has 0 aliphatic carbocycles. The third-order valence-corrected chi connectivity index (χ3v) is 3.35. The predicted octanol–water partition coefficient (Wildman–Crippen LogP) is 1.63. The van der Waals surface area contributed by atoms with E-state index in [1.165, 1.54) is 6.07 Å². The Bertz CT molecular complexity index is 985. The molecular weight excluding hydrogens is 273 g/mol. The number of halogens is 1. The Kier molecular flexibility index (Phi) is 2.23. The maximum absolute atomic E-state index is 13.4. The largest absolute Gasteiger partial charge is 0.383 e. The highest BCUT2D eigenvalue weighted by atomic mass is 19.1. The zero-order chi connectivity index (χ0) is 14.6. The van der Waals surface area contributed by atoms with Crippen LogP contribution in [-0.2, 0) is 7.05 Å². The number of hydrogen-bond acceptors (Lipinski definition) is 5. The Morgan fingerprint density at radius 1 is 1.29 bits per heavy atom. The fraction of sp³-hybridized carbons (Fsp3) is 0.0769. The topological polar surface area (TPSA) is 98.3 Å². The van der Waals surface area contributed by atoms with Crippen LogP contribution in [0.5, 0.6) is 0 Å². The van der Waals surface area contributed by atoms with Gasteiger partial charge >= 0.3 is 0 Å². The molecule has 0 saturated carbocycles. The van der Waals surface area contributed by atoms with Gasteiger partial charge in [-0.3, -0.25) is 5.10 Å². The Morgan fingerprint density at radius 3 is 3.00 bits per heavy atom. The SMILES string of the molecule is Cn1ccc2c(N)nc(-c3[nH]nc4ncc(F)cc34)nc21. The first kappa shape index (κ1) is 11.8. The van der Waals surface area contributed by atoms with Crippen molar-refractivity contribution < 1.29 is 4.39 Å². The standard InChI is InChI=1S/C13H10FN7/c1-21-3-2-7-10(15)17-12(18-13(7)21)9-8-4-6(14)5-16-11(8)20-19-9/h2-5H,1H3,(H2,15,17,18)(H,16,19,20). The van der Waals surface area contributed by atoms with Crippen LogP contribution in [0.2, 0.25) is 0 Å². The summed E-state index contributed by atoms with van der Waals surface area (Å²) < 4.78 is 15.2. The van der Waals surface area contributed by atoms with Crippen molar-refractivity contribution in [2.24, 2.45) is 7.05 Å². The number of aryl methyl sites for hydroxylation is 1. The van der Waals surface area contributed by atoms with Crippen molar-refractivity contribution in [1.82, 2.24) is 29.7 Å². The number of nitrogens with zero attached hydrogens (tertiary/aromatic N) is 5. The van der Waals surface area contributed by atoms with Crippen LogP contribution in [0, 0.1) is 5.82 Å². The fourth-order valence-electron chi connectivity index (χ4n) is 2.32. The second kappa shape index (κ2) is 3.98. The zero-order valence-corrected chi connectivity index (χ0v) is 11.0. The molecule has 4 aromatic heterocycles. The number of nitrogen functional groups attached to an aromatic ring is 1. The quantitative estimate of drug-likeness (QED) is 0.553. The Morgan fingerprint density at radius 2 is 2.14 bits per heavy atom. The number of nitrogens with two attached hydrogens (primary N) is 1. The molecule has 4 heterocycles. The molecule has 0 spiro atoms. The van der Waals surface area contributed by atoms with Crippen LogP contribution in [0.1, 0.15) is 0 Å². The summed E-state index contributed by atoms with van der Waals surface area (Å²) in [4.78, 5) is 12.6. The summed E-state index contributed by atoms with van der Waals surface area (Å²) in [5, 5.41) is 8.11. The van der Waals surface area contributed by atoms with Gasteiger partial charge in [0, 0.05) is 13.2 Å². The highest BCUT2D eigenvalue weighted by molar-refractivity contribution is 5.92. The molecule has 3 N–H and O–H groups in total. The number of aromatic amines is 1. The number of fused-ring (bicyclic) bond motifs is 2. The minimum absolute atomic E-state index is 0.358. The number of rotatable bonds is 1. The zero-order valence-electron chi connectivity index (χ0n) is 11.0. The highest BCUT2D eigenvalue weighted by Gasteiger charge is 2.15. The lowest BCUT2D eigenvalue weighted by molar-refractivity contribution is 0.624. The minimum Gasteiger partial charge on any atom is -0.383 e. The van der Waals surface area contributed by atoms with Gasteiger partial charge in [-0.15, -0.1) is 0 Å². The second-order valence-electron chi connectivity index (χ2n) is 4.72. The first-order valence-corrected chi connectivity index (χ1v) is 6.22. The molecule has 4 aromatic rings. The van der Waals surface area contributed by atoms with Gasteiger partial charge in [0.2, 0.25) is 0 Å². The van der Waals surface area contributed by atoms with Crippen LogP contribution < -0.4 is 5.73 Å². The van der Waals surface area contributed by atoms with Crippen molar-refractivity contribution in [3.63, 3.8) is 0 Å². The van der Waals surface area contributed by atoms with Crippen LogP contribution in [0.25, 0.3) is 33.6 Å². The van der Waals surface area contributed by atoms with Crippen LogP contribution in [-0.4, -0.2) is 29.7 Å². The third kappa shape index (κ3) is 1.65. The number of H-pyrrole nitrogens is 1. The van der Waals surface area contributed by atoms with E-state index in [0.29, 0.717) is 34.0 Å². The molecule has 0 aliphatic rings. The first-order valence-electron chi connectivity index (χ1n) is 6.22. The molecule has 0 radical (unpaired) electrons. The summed E-state index contributed by atoms with van der Waals surface area (Å²) >= 11 is 0. The average molecular weight is 283 g/mol. The monoisotopic (exact) mass is 283 g/mol. The number of aromatic nitrogens is 6. The van der Waals surface area contributed by atoms with E-state index < -0.39 is 5.82 Å². The van der Waals surface area contributed by atoms with E-state index in [2.05, 4.69) is 25.1 Å². The number of hydrogen-bond donors (Lipinski definition) is 2. The molecule has 0 amide bonds. The summed E-state index contributed by atoms with van der Waals surface area (Å²) in [7, 11) is 1.87. The molecule has 0 unspecified atom stereocenters. The predicted molar refractivity (Wildman–Crippen MR) is 75.8 cm³/mol. The van der Waals surface area contributed by atoms with E-state index in [1.807, 2.05) is 23.9 Å². The van der Waals surface area contributed by atoms with Gasteiger partial charge in [0.05, 0.1) is 17.0 Å². The van der Waals surface area contributed by atoms with Gasteiger partial charge in [0.1, 0.15) is 23.0 Å². The molecule has 104 valence electrons.